The molecular weight excluding hydrogens is 494 g/mol. The first-order valence-corrected chi connectivity index (χ1v) is 14.1. The Morgan fingerprint density at radius 3 is 2.55 bits per heavy atom. The van der Waals surface area contributed by atoms with Crippen molar-refractivity contribution in [3.8, 4) is 5.00 Å². The van der Waals surface area contributed by atoms with Crippen LogP contribution in [0, 0.1) is 0 Å². The van der Waals surface area contributed by atoms with Crippen molar-refractivity contribution in [3.05, 3.63) is 106 Å². The van der Waals surface area contributed by atoms with E-state index in [0.29, 0.717) is 18.8 Å². The van der Waals surface area contributed by atoms with E-state index >= 15 is 0 Å². The monoisotopic (exact) mass is 525 g/mol. The van der Waals surface area contributed by atoms with Crippen LogP contribution in [0.4, 0.5) is 10.5 Å². The fourth-order valence-corrected chi connectivity index (χ4v) is 7.06. The van der Waals surface area contributed by atoms with E-state index in [2.05, 4.69) is 40.3 Å². The molecule has 194 valence electrons. The van der Waals surface area contributed by atoms with Gasteiger partial charge in [-0.3, -0.25) is 4.79 Å². The number of urea groups is 1. The first-order chi connectivity index (χ1) is 18.6. The molecule has 1 aliphatic heterocycles. The summed E-state index contributed by atoms with van der Waals surface area (Å²) in [7, 11) is 0. The van der Waals surface area contributed by atoms with Gasteiger partial charge in [0.25, 0.3) is 0 Å². The van der Waals surface area contributed by atoms with Crippen LogP contribution in [0.3, 0.4) is 0 Å². The van der Waals surface area contributed by atoms with Crippen molar-refractivity contribution in [2.75, 3.05) is 11.9 Å². The third-order valence-corrected chi connectivity index (χ3v) is 8.75. The number of rotatable bonds is 5. The minimum absolute atomic E-state index is 0.145. The second-order valence-corrected chi connectivity index (χ2v) is 10.9. The number of aromatic nitrogens is 1. The van der Waals surface area contributed by atoms with Gasteiger partial charge in [0.1, 0.15) is 5.00 Å². The predicted octanol–water partition coefficient (Wildman–Crippen LogP) is 6.66. The van der Waals surface area contributed by atoms with Gasteiger partial charge in [-0.05, 0) is 73.6 Å². The number of thiophene rings is 1. The van der Waals surface area contributed by atoms with Crippen molar-refractivity contribution in [3.63, 3.8) is 0 Å². The van der Waals surface area contributed by atoms with Crippen molar-refractivity contribution in [1.82, 2.24) is 9.47 Å². The van der Waals surface area contributed by atoms with E-state index in [1.54, 1.807) is 6.92 Å². The van der Waals surface area contributed by atoms with Crippen LogP contribution in [0.15, 0.2) is 72.9 Å². The molecule has 6 nitrogen and oxygen atoms in total. The van der Waals surface area contributed by atoms with Crippen LogP contribution in [0.5, 0.6) is 0 Å². The van der Waals surface area contributed by atoms with Crippen molar-refractivity contribution in [1.29, 1.82) is 0 Å². The number of nitrogens with one attached hydrogen (secondary N) is 1. The molecule has 2 aliphatic rings. The van der Waals surface area contributed by atoms with Crippen LogP contribution >= 0.6 is 11.3 Å². The minimum Gasteiger partial charge on any atom is -0.466 e. The van der Waals surface area contributed by atoms with Crippen molar-refractivity contribution in [2.45, 2.75) is 51.6 Å². The quantitative estimate of drug-likeness (QED) is 0.296. The van der Waals surface area contributed by atoms with Gasteiger partial charge in [0, 0.05) is 22.3 Å². The highest BCUT2D eigenvalue weighted by Crippen LogP contribution is 2.44. The summed E-state index contributed by atoms with van der Waals surface area (Å²) < 4.78 is 7.35. The number of carbonyl (C=O) groups excluding carboxylic acids is 2. The lowest BCUT2D eigenvalue weighted by atomic mass is 9.95. The molecule has 0 bridgehead atoms. The number of hydrogen-bond acceptors (Lipinski definition) is 4. The van der Waals surface area contributed by atoms with E-state index in [9.17, 15) is 9.59 Å². The van der Waals surface area contributed by atoms with Crippen molar-refractivity contribution in [2.24, 2.45) is 0 Å². The van der Waals surface area contributed by atoms with Gasteiger partial charge in [0.05, 0.1) is 31.3 Å². The van der Waals surface area contributed by atoms with Gasteiger partial charge in [0.15, 0.2) is 0 Å². The Balaban J connectivity index is 1.35. The average Bonchev–Trinajstić information content (AvgIpc) is 3.52. The first kappa shape index (κ1) is 24.5. The summed E-state index contributed by atoms with van der Waals surface area (Å²) in [6, 6.07) is 21.5. The zero-order valence-corrected chi connectivity index (χ0v) is 22.3. The Kier molecular flexibility index (Phi) is 6.77. The molecule has 6 rings (SSSR count). The van der Waals surface area contributed by atoms with Gasteiger partial charge in [0.2, 0.25) is 0 Å². The second kappa shape index (κ2) is 10.5. The largest absolute Gasteiger partial charge is 0.466 e. The summed E-state index contributed by atoms with van der Waals surface area (Å²) in [6.07, 6.45) is 6.97. The Bertz CT molecular complexity index is 1460. The van der Waals surface area contributed by atoms with Gasteiger partial charge < -0.3 is 19.5 Å². The molecule has 0 radical (unpaired) electrons. The predicted molar refractivity (Wildman–Crippen MR) is 150 cm³/mol. The van der Waals surface area contributed by atoms with Gasteiger partial charge in [-0.25, -0.2) is 4.79 Å². The molecule has 1 N–H and O–H groups in total. The normalized spacial score (nSPS) is 16.1. The Morgan fingerprint density at radius 1 is 0.974 bits per heavy atom. The van der Waals surface area contributed by atoms with Crippen molar-refractivity contribution >= 4 is 29.0 Å². The van der Waals surface area contributed by atoms with Crippen LogP contribution < -0.4 is 5.32 Å². The lowest BCUT2D eigenvalue weighted by molar-refractivity contribution is -0.142. The molecule has 0 unspecified atom stereocenters. The number of amides is 2. The zero-order valence-electron chi connectivity index (χ0n) is 21.5. The van der Waals surface area contributed by atoms with E-state index in [4.69, 9.17) is 4.74 Å². The Hall–Kier alpha value is -3.84. The molecule has 0 saturated carbocycles. The fourth-order valence-electron chi connectivity index (χ4n) is 5.65. The number of hydrogen-bond donors (Lipinski definition) is 1. The number of ether oxygens (including phenoxy) is 1. The molecule has 1 atom stereocenters. The highest BCUT2D eigenvalue weighted by atomic mass is 32.1. The summed E-state index contributed by atoms with van der Waals surface area (Å²) in [5, 5.41) is 4.38. The van der Waals surface area contributed by atoms with Crippen LogP contribution in [-0.4, -0.2) is 28.1 Å². The van der Waals surface area contributed by atoms with Crippen LogP contribution in [0.2, 0.25) is 0 Å². The number of aryl methyl sites for hydroxylation is 1. The molecular formula is C31H31N3O3S. The fraction of sp³-hybridized carbons (Fsp3) is 0.290. The molecule has 1 aliphatic carbocycles. The lowest BCUT2D eigenvalue weighted by Crippen LogP contribution is -2.38. The molecule has 2 amide bonds. The molecule has 0 saturated heterocycles. The standard InChI is InChI=1S/C31H31N3O3S/c1-2-37-28(35)19-21-14-16-23(17-15-21)32-31(36)34-20-25-24-11-6-7-13-27(24)38-30(25)33-18-8-12-26(33)29(34)22-9-4-3-5-10-22/h3-5,8-10,12,14-18,29H,2,6-7,11,13,19-20H2,1H3,(H,32,36)/t29-/m0/s1. The molecule has 7 heteroatoms. The lowest BCUT2D eigenvalue weighted by Gasteiger charge is -2.31. The molecule has 4 aromatic rings. The SMILES string of the molecule is CCOC(=O)Cc1ccc(NC(=O)N2Cc3c(sc4c3CCCC4)-n3cccc3[C@@H]2c2ccccc2)cc1. The van der Waals surface area contributed by atoms with E-state index in [1.807, 2.05) is 58.7 Å². The average molecular weight is 526 g/mol. The number of anilines is 1. The van der Waals surface area contributed by atoms with Crippen LogP contribution in [-0.2, 0) is 35.3 Å². The smallest absolute Gasteiger partial charge is 0.322 e. The zero-order chi connectivity index (χ0) is 26.1. The van der Waals surface area contributed by atoms with Gasteiger partial charge in [-0.1, -0.05) is 42.5 Å². The van der Waals surface area contributed by atoms with E-state index in [0.717, 1.165) is 29.7 Å². The van der Waals surface area contributed by atoms with E-state index in [1.165, 1.54) is 33.8 Å². The molecule has 2 aromatic carbocycles. The minimum atomic E-state index is -0.252. The maximum Gasteiger partial charge on any atom is 0.322 e. The van der Waals surface area contributed by atoms with Crippen LogP contribution in [0.1, 0.15) is 58.6 Å². The summed E-state index contributed by atoms with van der Waals surface area (Å²) in [5.41, 5.74) is 6.43. The van der Waals surface area contributed by atoms with E-state index in [-0.39, 0.29) is 24.5 Å². The summed E-state index contributed by atoms with van der Waals surface area (Å²) in [5.74, 6) is -0.252. The molecule has 2 aromatic heterocycles. The number of nitrogens with zero attached hydrogens (tertiary/aromatic N) is 2. The maximum atomic E-state index is 14.0. The molecule has 0 spiro atoms. The van der Waals surface area contributed by atoms with Gasteiger partial charge in [-0.15, -0.1) is 11.3 Å². The molecule has 0 fully saturated rings. The summed E-state index contributed by atoms with van der Waals surface area (Å²) >= 11 is 1.89. The van der Waals surface area contributed by atoms with Crippen molar-refractivity contribution < 1.29 is 14.3 Å². The summed E-state index contributed by atoms with van der Waals surface area (Å²) in [4.78, 5) is 29.3. The maximum absolute atomic E-state index is 14.0. The highest BCUT2D eigenvalue weighted by Gasteiger charge is 2.36. The van der Waals surface area contributed by atoms with Gasteiger partial charge >= 0.3 is 12.0 Å². The van der Waals surface area contributed by atoms with E-state index < -0.39 is 0 Å². The number of fused-ring (bicyclic) bond motifs is 5. The number of carbonyl (C=O) groups is 2. The molecule has 3 heterocycles. The van der Waals surface area contributed by atoms with Crippen LogP contribution in [0.25, 0.3) is 5.00 Å². The topological polar surface area (TPSA) is 63.6 Å². The summed E-state index contributed by atoms with van der Waals surface area (Å²) in [6.45, 7) is 2.72. The first-order valence-electron chi connectivity index (χ1n) is 13.3. The third-order valence-electron chi connectivity index (χ3n) is 7.41. The Morgan fingerprint density at radius 2 is 1.76 bits per heavy atom. The number of benzene rings is 2. The Labute approximate surface area is 226 Å². The molecule has 38 heavy (non-hydrogen) atoms. The number of esters is 1. The third kappa shape index (κ3) is 4.63. The van der Waals surface area contributed by atoms with Gasteiger partial charge in [-0.2, -0.15) is 0 Å². The second-order valence-electron chi connectivity index (χ2n) is 9.85. The highest BCUT2D eigenvalue weighted by molar-refractivity contribution is 7.15.